The zero-order valence-corrected chi connectivity index (χ0v) is 11.8. The van der Waals surface area contributed by atoms with E-state index < -0.39 is 0 Å². The van der Waals surface area contributed by atoms with Crippen molar-refractivity contribution < 1.29 is 0 Å². The van der Waals surface area contributed by atoms with Gasteiger partial charge in [-0.05, 0) is 57.7 Å². The van der Waals surface area contributed by atoms with E-state index in [0.717, 1.165) is 19.4 Å². The Bertz CT molecular complexity index is 482. The number of hydrogen-bond acceptors (Lipinski definition) is 2. The third-order valence-corrected chi connectivity index (χ3v) is 4.23. The molecule has 2 heteroatoms. The standard InChI is InChI=1S/C16H22N2/c1-12-7-8-13(2)15(10-12)18-9-5-6-14(11-17)16(18,3)4/h7-8,10,14H,5-6,9H2,1-4H3. The SMILES string of the molecule is Cc1ccc(C)c(N2CCCC(C#N)C2(C)C)c1. The van der Waals surface area contributed by atoms with Crippen molar-refractivity contribution in [2.75, 3.05) is 11.4 Å². The Balaban J connectivity index is 2.43. The zero-order valence-electron chi connectivity index (χ0n) is 11.8. The first-order valence-corrected chi connectivity index (χ1v) is 6.71. The molecule has 0 aliphatic carbocycles. The van der Waals surface area contributed by atoms with Crippen LogP contribution in [0.25, 0.3) is 0 Å². The molecule has 0 N–H and O–H groups in total. The first kappa shape index (κ1) is 13.0. The third kappa shape index (κ3) is 2.10. The van der Waals surface area contributed by atoms with Crippen LogP contribution in [0.4, 0.5) is 5.69 Å². The van der Waals surface area contributed by atoms with E-state index in [1.54, 1.807) is 0 Å². The maximum absolute atomic E-state index is 9.34. The Morgan fingerprint density at radius 3 is 2.72 bits per heavy atom. The Morgan fingerprint density at radius 1 is 1.33 bits per heavy atom. The summed E-state index contributed by atoms with van der Waals surface area (Å²) >= 11 is 0. The van der Waals surface area contributed by atoms with Gasteiger partial charge >= 0.3 is 0 Å². The molecule has 1 heterocycles. The van der Waals surface area contributed by atoms with Gasteiger partial charge in [-0.1, -0.05) is 12.1 Å². The average molecular weight is 242 g/mol. The summed E-state index contributed by atoms with van der Waals surface area (Å²) in [7, 11) is 0. The molecule has 0 bridgehead atoms. The van der Waals surface area contributed by atoms with Crippen molar-refractivity contribution in [3.63, 3.8) is 0 Å². The predicted molar refractivity (Wildman–Crippen MR) is 75.7 cm³/mol. The second-order valence-corrected chi connectivity index (χ2v) is 5.92. The normalized spacial score (nSPS) is 22.6. The fourth-order valence-electron chi connectivity index (χ4n) is 2.95. The summed E-state index contributed by atoms with van der Waals surface area (Å²) < 4.78 is 0. The number of benzene rings is 1. The Kier molecular flexibility index (Phi) is 3.34. The Morgan fingerprint density at radius 2 is 2.06 bits per heavy atom. The van der Waals surface area contributed by atoms with E-state index in [-0.39, 0.29) is 11.5 Å². The highest BCUT2D eigenvalue weighted by Crippen LogP contribution is 2.38. The average Bonchev–Trinajstić information content (AvgIpc) is 2.32. The second-order valence-electron chi connectivity index (χ2n) is 5.92. The van der Waals surface area contributed by atoms with Crippen LogP contribution in [0.15, 0.2) is 18.2 Å². The van der Waals surface area contributed by atoms with Crippen LogP contribution in [0.3, 0.4) is 0 Å². The van der Waals surface area contributed by atoms with Gasteiger partial charge in [0.2, 0.25) is 0 Å². The van der Waals surface area contributed by atoms with Gasteiger partial charge in [0.15, 0.2) is 0 Å². The van der Waals surface area contributed by atoms with Gasteiger partial charge in [0, 0.05) is 12.2 Å². The van der Waals surface area contributed by atoms with Gasteiger partial charge in [-0.3, -0.25) is 0 Å². The number of nitriles is 1. The van der Waals surface area contributed by atoms with Gasteiger partial charge in [0.05, 0.1) is 17.5 Å². The minimum absolute atomic E-state index is 0.0778. The summed E-state index contributed by atoms with van der Waals surface area (Å²) in [5, 5.41) is 9.34. The van der Waals surface area contributed by atoms with E-state index in [4.69, 9.17) is 0 Å². The van der Waals surface area contributed by atoms with Crippen molar-refractivity contribution in [1.82, 2.24) is 0 Å². The first-order valence-electron chi connectivity index (χ1n) is 6.71. The lowest BCUT2D eigenvalue weighted by Crippen LogP contribution is -2.53. The minimum Gasteiger partial charge on any atom is -0.365 e. The molecule has 1 aromatic carbocycles. The van der Waals surface area contributed by atoms with Gasteiger partial charge in [0.25, 0.3) is 0 Å². The van der Waals surface area contributed by atoms with Crippen LogP contribution in [0.2, 0.25) is 0 Å². The Hall–Kier alpha value is -1.49. The molecule has 1 unspecified atom stereocenters. The quantitative estimate of drug-likeness (QED) is 0.748. The van der Waals surface area contributed by atoms with Crippen LogP contribution in [-0.2, 0) is 0 Å². The zero-order chi connectivity index (χ0) is 13.3. The molecule has 1 saturated heterocycles. The summed E-state index contributed by atoms with van der Waals surface area (Å²) in [6.07, 6.45) is 2.12. The fourth-order valence-corrected chi connectivity index (χ4v) is 2.95. The van der Waals surface area contributed by atoms with E-state index in [1.165, 1.54) is 16.8 Å². The molecule has 1 aliphatic heterocycles. The van der Waals surface area contributed by atoms with Gasteiger partial charge in [-0.2, -0.15) is 5.26 Å². The van der Waals surface area contributed by atoms with E-state index in [9.17, 15) is 5.26 Å². The van der Waals surface area contributed by atoms with Crippen molar-refractivity contribution >= 4 is 5.69 Å². The molecular weight excluding hydrogens is 220 g/mol. The number of aryl methyl sites for hydroxylation is 2. The minimum atomic E-state index is -0.0778. The van der Waals surface area contributed by atoms with Crippen molar-refractivity contribution in [2.24, 2.45) is 5.92 Å². The molecule has 1 aliphatic rings. The summed E-state index contributed by atoms with van der Waals surface area (Å²) in [4.78, 5) is 2.42. The summed E-state index contributed by atoms with van der Waals surface area (Å²) in [5.41, 5.74) is 3.80. The smallest absolute Gasteiger partial charge is 0.0690 e. The van der Waals surface area contributed by atoms with E-state index in [0.29, 0.717) is 0 Å². The van der Waals surface area contributed by atoms with Crippen LogP contribution >= 0.6 is 0 Å². The molecule has 1 atom stereocenters. The van der Waals surface area contributed by atoms with Gasteiger partial charge in [0.1, 0.15) is 0 Å². The highest BCUT2D eigenvalue weighted by atomic mass is 15.2. The number of piperidine rings is 1. The number of hydrogen-bond donors (Lipinski definition) is 0. The molecule has 2 rings (SSSR count). The molecule has 1 aromatic rings. The maximum atomic E-state index is 9.34. The van der Waals surface area contributed by atoms with E-state index in [1.807, 2.05) is 0 Å². The van der Waals surface area contributed by atoms with Gasteiger partial charge < -0.3 is 4.90 Å². The molecule has 1 fully saturated rings. The van der Waals surface area contributed by atoms with Crippen molar-refractivity contribution in [1.29, 1.82) is 5.26 Å². The van der Waals surface area contributed by atoms with Crippen molar-refractivity contribution in [2.45, 2.75) is 46.1 Å². The lowest BCUT2D eigenvalue weighted by molar-refractivity contribution is 0.292. The van der Waals surface area contributed by atoms with Gasteiger partial charge in [-0.15, -0.1) is 0 Å². The molecule has 18 heavy (non-hydrogen) atoms. The highest BCUT2D eigenvalue weighted by Gasteiger charge is 2.39. The van der Waals surface area contributed by atoms with Crippen LogP contribution in [0, 0.1) is 31.1 Å². The lowest BCUT2D eigenvalue weighted by atomic mass is 9.79. The van der Waals surface area contributed by atoms with Crippen LogP contribution in [0.5, 0.6) is 0 Å². The number of nitrogens with zero attached hydrogens (tertiary/aromatic N) is 2. The molecule has 0 radical (unpaired) electrons. The molecule has 0 saturated carbocycles. The number of rotatable bonds is 1. The topological polar surface area (TPSA) is 27.0 Å². The molecular formula is C16H22N2. The first-order chi connectivity index (χ1) is 8.46. The van der Waals surface area contributed by atoms with Crippen molar-refractivity contribution in [3.8, 4) is 6.07 Å². The van der Waals surface area contributed by atoms with E-state index >= 15 is 0 Å². The third-order valence-electron chi connectivity index (χ3n) is 4.23. The highest BCUT2D eigenvalue weighted by molar-refractivity contribution is 5.57. The second kappa shape index (κ2) is 4.65. The summed E-state index contributed by atoms with van der Waals surface area (Å²) in [6.45, 7) is 9.72. The fraction of sp³-hybridized carbons (Fsp3) is 0.562. The summed E-state index contributed by atoms with van der Waals surface area (Å²) in [5.74, 6) is 0.117. The van der Waals surface area contributed by atoms with Crippen LogP contribution in [0.1, 0.15) is 37.8 Å². The molecule has 96 valence electrons. The lowest BCUT2D eigenvalue weighted by Gasteiger charge is -2.47. The molecule has 2 nitrogen and oxygen atoms in total. The maximum Gasteiger partial charge on any atom is 0.0690 e. The van der Waals surface area contributed by atoms with Crippen LogP contribution < -0.4 is 4.90 Å². The molecule has 0 spiro atoms. The van der Waals surface area contributed by atoms with Crippen molar-refractivity contribution in [3.05, 3.63) is 29.3 Å². The van der Waals surface area contributed by atoms with Crippen LogP contribution in [-0.4, -0.2) is 12.1 Å². The monoisotopic (exact) mass is 242 g/mol. The predicted octanol–water partition coefficient (Wildman–Crippen LogP) is 3.82. The van der Waals surface area contributed by atoms with E-state index in [2.05, 4.69) is 56.9 Å². The number of anilines is 1. The summed E-state index contributed by atoms with van der Waals surface area (Å²) in [6, 6.07) is 9.06. The molecule has 0 amide bonds. The largest absolute Gasteiger partial charge is 0.365 e. The Labute approximate surface area is 110 Å². The van der Waals surface area contributed by atoms with Gasteiger partial charge in [-0.25, -0.2) is 0 Å². The molecule has 0 aromatic heterocycles.